The highest BCUT2D eigenvalue weighted by Gasteiger charge is 2.28. The number of nitrogens with two attached hydrogens (primary N) is 2. The van der Waals surface area contributed by atoms with Crippen molar-refractivity contribution in [1.82, 2.24) is 4.98 Å². The number of nitrogens with zero attached hydrogens (tertiary/aromatic N) is 2. The predicted molar refractivity (Wildman–Crippen MR) is 69.2 cm³/mol. The first-order valence-corrected chi connectivity index (χ1v) is 5.98. The average molecular weight is 250 g/mol. The van der Waals surface area contributed by atoms with Gasteiger partial charge in [0.15, 0.2) is 5.82 Å². The first-order chi connectivity index (χ1) is 8.49. The first kappa shape index (κ1) is 12.6. The van der Waals surface area contributed by atoms with Crippen LogP contribution in [0.25, 0.3) is 0 Å². The Hall–Kier alpha value is -1.82. The highest BCUT2D eigenvalue weighted by atomic mass is 16.3. The highest BCUT2D eigenvalue weighted by molar-refractivity contribution is 5.91. The molecular weight excluding hydrogens is 232 g/mol. The summed E-state index contributed by atoms with van der Waals surface area (Å²) in [4.78, 5) is 17.3. The second kappa shape index (κ2) is 4.81. The van der Waals surface area contributed by atoms with Gasteiger partial charge in [-0.25, -0.2) is 4.98 Å². The first-order valence-electron chi connectivity index (χ1n) is 5.98. The maximum atomic E-state index is 11.1. The van der Waals surface area contributed by atoms with Gasteiger partial charge in [0.2, 0.25) is 0 Å². The van der Waals surface area contributed by atoms with Gasteiger partial charge in [0, 0.05) is 19.0 Å². The molecule has 5 N–H and O–H groups in total. The number of rotatable bonds is 3. The summed E-state index contributed by atoms with van der Waals surface area (Å²) in [5.74, 6) is 0.223. The van der Waals surface area contributed by atoms with Crippen LogP contribution in [0.1, 0.15) is 23.8 Å². The standard InChI is InChI=1S/C12H18N4O2/c1-7(17)8-4-5-16(6-8)12-9(13)2-3-10(15-12)11(14)18/h2-3,7-8,17H,4-6,13H2,1H3,(H2,14,18). The summed E-state index contributed by atoms with van der Waals surface area (Å²) in [6.07, 6.45) is 0.537. The number of nitrogen functional groups attached to an aromatic ring is 1. The third kappa shape index (κ3) is 2.38. The van der Waals surface area contributed by atoms with Crippen molar-refractivity contribution in [2.45, 2.75) is 19.4 Å². The van der Waals surface area contributed by atoms with E-state index in [-0.39, 0.29) is 17.7 Å². The maximum absolute atomic E-state index is 11.1. The van der Waals surface area contributed by atoms with E-state index < -0.39 is 5.91 Å². The molecule has 2 unspecified atom stereocenters. The van der Waals surface area contributed by atoms with Crippen LogP contribution in [0.3, 0.4) is 0 Å². The molecule has 0 bridgehead atoms. The molecule has 1 aromatic rings. The van der Waals surface area contributed by atoms with E-state index >= 15 is 0 Å². The molecule has 0 aromatic carbocycles. The molecule has 1 aliphatic heterocycles. The summed E-state index contributed by atoms with van der Waals surface area (Å²) in [5.41, 5.74) is 11.8. The lowest BCUT2D eigenvalue weighted by Gasteiger charge is -2.20. The third-order valence-electron chi connectivity index (χ3n) is 3.36. The quantitative estimate of drug-likeness (QED) is 0.698. The molecule has 0 saturated carbocycles. The number of carbonyl (C=O) groups excluding carboxylic acids is 1. The lowest BCUT2D eigenvalue weighted by Crippen LogP contribution is -2.26. The van der Waals surface area contributed by atoms with Gasteiger partial charge in [-0.05, 0) is 25.5 Å². The minimum Gasteiger partial charge on any atom is -0.396 e. The van der Waals surface area contributed by atoms with Crippen LogP contribution in [0.2, 0.25) is 0 Å². The lowest BCUT2D eigenvalue weighted by molar-refractivity contribution is 0.0995. The molecule has 98 valence electrons. The number of hydrogen-bond acceptors (Lipinski definition) is 5. The fourth-order valence-corrected chi connectivity index (χ4v) is 2.22. The zero-order chi connectivity index (χ0) is 13.3. The van der Waals surface area contributed by atoms with Crippen molar-refractivity contribution in [3.8, 4) is 0 Å². The summed E-state index contributed by atoms with van der Waals surface area (Å²) in [7, 11) is 0. The van der Waals surface area contributed by atoms with Crippen LogP contribution in [0, 0.1) is 5.92 Å². The fraction of sp³-hybridized carbons (Fsp3) is 0.500. The molecule has 1 fully saturated rings. The molecule has 0 aliphatic carbocycles. The van der Waals surface area contributed by atoms with Crippen molar-refractivity contribution in [2.75, 3.05) is 23.7 Å². The second-order valence-electron chi connectivity index (χ2n) is 4.71. The molecular formula is C12H18N4O2. The predicted octanol–water partition coefficient (Wildman–Crippen LogP) is -0.0302. The number of carbonyl (C=O) groups is 1. The Morgan fingerprint density at radius 1 is 1.61 bits per heavy atom. The Kier molecular flexibility index (Phi) is 3.38. The number of pyridine rings is 1. The largest absolute Gasteiger partial charge is 0.396 e. The third-order valence-corrected chi connectivity index (χ3v) is 3.36. The van der Waals surface area contributed by atoms with Crippen LogP contribution in [0.5, 0.6) is 0 Å². The molecule has 1 aliphatic rings. The smallest absolute Gasteiger partial charge is 0.267 e. The molecule has 6 heteroatoms. The molecule has 2 rings (SSSR count). The molecule has 1 saturated heterocycles. The SMILES string of the molecule is CC(O)C1CCN(c2nc(C(N)=O)ccc2N)C1. The van der Waals surface area contributed by atoms with Crippen LogP contribution in [0.4, 0.5) is 11.5 Å². The minimum atomic E-state index is -0.567. The molecule has 1 amide bonds. The van der Waals surface area contributed by atoms with E-state index in [1.807, 2.05) is 4.90 Å². The minimum absolute atomic E-state index is 0.208. The number of aliphatic hydroxyl groups excluding tert-OH is 1. The molecule has 18 heavy (non-hydrogen) atoms. The number of aliphatic hydroxyl groups is 1. The number of aromatic nitrogens is 1. The fourth-order valence-electron chi connectivity index (χ4n) is 2.22. The highest BCUT2D eigenvalue weighted by Crippen LogP contribution is 2.28. The lowest BCUT2D eigenvalue weighted by atomic mass is 10.0. The van der Waals surface area contributed by atoms with Crippen molar-refractivity contribution in [2.24, 2.45) is 11.7 Å². The number of primary amides is 1. The van der Waals surface area contributed by atoms with Gasteiger partial charge in [0.05, 0.1) is 11.8 Å². The molecule has 2 heterocycles. The summed E-state index contributed by atoms with van der Waals surface area (Å²) in [6.45, 7) is 3.25. The zero-order valence-electron chi connectivity index (χ0n) is 10.3. The Bertz CT molecular complexity index is 461. The Labute approximate surface area is 106 Å². The molecule has 0 spiro atoms. The van der Waals surface area contributed by atoms with Gasteiger partial charge < -0.3 is 21.5 Å². The van der Waals surface area contributed by atoms with Gasteiger partial charge >= 0.3 is 0 Å². The van der Waals surface area contributed by atoms with Crippen molar-refractivity contribution in [3.05, 3.63) is 17.8 Å². The van der Waals surface area contributed by atoms with Crippen LogP contribution >= 0.6 is 0 Å². The van der Waals surface area contributed by atoms with Crippen LogP contribution < -0.4 is 16.4 Å². The van der Waals surface area contributed by atoms with E-state index in [1.165, 1.54) is 6.07 Å². The molecule has 6 nitrogen and oxygen atoms in total. The van der Waals surface area contributed by atoms with Crippen molar-refractivity contribution in [1.29, 1.82) is 0 Å². The Balaban J connectivity index is 2.23. The van der Waals surface area contributed by atoms with Crippen molar-refractivity contribution in [3.63, 3.8) is 0 Å². The van der Waals surface area contributed by atoms with Crippen LogP contribution in [-0.2, 0) is 0 Å². The van der Waals surface area contributed by atoms with Crippen molar-refractivity contribution < 1.29 is 9.90 Å². The van der Waals surface area contributed by atoms with E-state index in [0.29, 0.717) is 18.1 Å². The summed E-state index contributed by atoms with van der Waals surface area (Å²) in [6, 6.07) is 3.15. The van der Waals surface area contributed by atoms with E-state index in [9.17, 15) is 9.90 Å². The Morgan fingerprint density at radius 2 is 2.33 bits per heavy atom. The number of anilines is 2. The summed E-state index contributed by atoms with van der Waals surface area (Å²) < 4.78 is 0. The summed E-state index contributed by atoms with van der Waals surface area (Å²) >= 11 is 0. The topological polar surface area (TPSA) is 105 Å². The van der Waals surface area contributed by atoms with E-state index in [0.717, 1.165) is 13.0 Å². The van der Waals surface area contributed by atoms with E-state index in [4.69, 9.17) is 11.5 Å². The molecule has 1 aromatic heterocycles. The summed E-state index contributed by atoms with van der Waals surface area (Å²) in [5, 5.41) is 9.58. The normalized spacial score (nSPS) is 21.0. The number of hydrogen-bond donors (Lipinski definition) is 3. The molecule has 2 atom stereocenters. The van der Waals surface area contributed by atoms with E-state index in [2.05, 4.69) is 4.98 Å². The van der Waals surface area contributed by atoms with Crippen LogP contribution in [-0.4, -0.2) is 35.2 Å². The Morgan fingerprint density at radius 3 is 2.89 bits per heavy atom. The van der Waals surface area contributed by atoms with E-state index in [1.54, 1.807) is 13.0 Å². The zero-order valence-corrected chi connectivity index (χ0v) is 10.3. The van der Waals surface area contributed by atoms with Gasteiger partial charge in [-0.15, -0.1) is 0 Å². The maximum Gasteiger partial charge on any atom is 0.267 e. The van der Waals surface area contributed by atoms with Gasteiger partial charge in [0.1, 0.15) is 5.69 Å². The number of amides is 1. The molecule has 0 radical (unpaired) electrons. The van der Waals surface area contributed by atoms with Crippen molar-refractivity contribution >= 4 is 17.4 Å². The monoisotopic (exact) mass is 250 g/mol. The van der Waals surface area contributed by atoms with Gasteiger partial charge in [-0.2, -0.15) is 0 Å². The van der Waals surface area contributed by atoms with Gasteiger partial charge in [-0.3, -0.25) is 4.79 Å². The van der Waals surface area contributed by atoms with Crippen LogP contribution in [0.15, 0.2) is 12.1 Å². The van der Waals surface area contributed by atoms with Gasteiger partial charge in [-0.1, -0.05) is 0 Å². The second-order valence-corrected chi connectivity index (χ2v) is 4.71. The van der Waals surface area contributed by atoms with Gasteiger partial charge in [0.25, 0.3) is 5.91 Å². The average Bonchev–Trinajstić information content (AvgIpc) is 2.78.